The van der Waals surface area contributed by atoms with Crippen molar-refractivity contribution in [2.24, 2.45) is 16.7 Å². The molecule has 2 heteroatoms. The van der Waals surface area contributed by atoms with Gasteiger partial charge in [0.15, 0.2) is 0 Å². The Kier molecular flexibility index (Phi) is 2.20. The Balaban J connectivity index is 1.77. The van der Waals surface area contributed by atoms with Crippen molar-refractivity contribution in [1.29, 1.82) is 0 Å². The SMILES string of the molecule is CC1(C)C(CNC2CSC2)C1(C)C. The Labute approximate surface area is 86.0 Å². The van der Waals surface area contributed by atoms with E-state index in [-0.39, 0.29) is 0 Å². The fourth-order valence-electron chi connectivity index (χ4n) is 2.48. The molecule has 0 aromatic heterocycles. The Morgan fingerprint density at radius 1 is 1.15 bits per heavy atom. The number of nitrogens with one attached hydrogen (secondary N) is 1. The maximum atomic E-state index is 3.67. The van der Waals surface area contributed by atoms with E-state index in [1.54, 1.807) is 0 Å². The first-order valence-electron chi connectivity index (χ1n) is 5.27. The standard InChI is InChI=1S/C11H21NS/c1-10(2)9(11(10,3)4)5-12-8-6-13-7-8/h8-9,12H,5-7H2,1-4H3. The lowest BCUT2D eigenvalue weighted by atomic mass is 10.0. The molecule has 2 aliphatic rings. The third kappa shape index (κ3) is 1.42. The summed E-state index contributed by atoms with van der Waals surface area (Å²) in [6.07, 6.45) is 0. The normalized spacial score (nSPS) is 31.4. The molecular formula is C11H21NS. The molecule has 0 spiro atoms. The molecule has 0 bridgehead atoms. The van der Waals surface area contributed by atoms with Gasteiger partial charge in [0.05, 0.1) is 0 Å². The highest BCUT2D eigenvalue weighted by Gasteiger charge is 2.63. The quantitative estimate of drug-likeness (QED) is 0.749. The van der Waals surface area contributed by atoms with E-state index in [0.29, 0.717) is 10.8 Å². The molecule has 2 fully saturated rings. The third-order valence-electron chi connectivity index (χ3n) is 4.57. The molecule has 0 aromatic carbocycles. The van der Waals surface area contributed by atoms with Gasteiger partial charge in [0, 0.05) is 17.5 Å². The Hall–Kier alpha value is 0.310. The minimum absolute atomic E-state index is 0.552. The minimum Gasteiger partial charge on any atom is -0.312 e. The molecule has 0 aromatic rings. The topological polar surface area (TPSA) is 12.0 Å². The van der Waals surface area contributed by atoms with Gasteiger partial charge in [-0.25, -0.2) is 0 Å². The highest BCUT2D eigenvalue weighted by Crippen LogP contribution is 2.67. The molecule has 13 heavy (non-hydrogen) atoms. The first kappa shape index (κ1) is 9.85. The number of rotatable bonds is 3. The fraction of sp³-hybridized carbons (Fsp3) is 1.00. The van der Waals surface area contributed by atoms with Crippen molar-refractivity contribution < 1.29 is 0 Å². The number of thioether (sulfide) groups is 1. The van der Waals surface area contributed by atoms with Crippen LogP contribution in [0.1, 0.15) is 27.7 Å². The predicted molar refractivity (Wildman–Crippen MR) is 60.2 cm³/mol. The lowest BCUT2D eigenvalue weighted by Gasteiger charge is -2.26. The lowest BCUT2D eigenvalue weighted by molar-refractivity contribution is 0.457. The molecule has 1 aliphatic heterocycles. The summed E-state index contributed by atoms with van der Waals surface area (Å²) in [5.74, 6) is 3.53. The van der Waals surface area contributed by atoms with E-state index in [1.807, 2.05) is 0 Å². The van der Waals surface area contributed by atoms with Gasteiger partial charge < -0.3 is 5.32 Å². The van der Waals surface area contributed by atoms with Gasteiger partial charge >= 0.3 is 0 Å². The average Bonchev–Trinajstić information content (AvgIpc) is 2.27. The van der Waals surface area contributed by atoms with E-state index >= 15 is 0 Å². The molecule has 0 atom stereocenters. The van der Waals surface area contributed by atoms with Gasteiger partial charge in [0.1, 0.15) is 0 Å². The summed E-state index contributed by atoms with van der Waals surface area (Å²) in [6.45, 7) is 10.8. The van der Waals surface area contributed by atoms with Crippen molar-refractivity contribution >= 4 is 11.8 Å². The zero-order chi connectivity index (χ0) is 9.69. The Morgan fingerprint density at radius 3 is 2.00 bits per heavy atom. The van der Waals surface area contributed by atoms with Crippen LogP contribution in [0.25, 0.3) is 0 Å². The first-order chi connectivity index (χ1) is 5.96. The second kappa shape index (κ2) is 2.90. The van der Waals surface area contributed by atoms with E-state index < -0.39 is 0 Å². The van der Waals surface area contributed by atoms with Crippen LogP contribution in [0.3, 0.4) is 0 Å². The van der Waals surface area contributed by atoms with E-state index in [4.69, 9.17) is 0 Å². The smallest absolute Gasteiger partial charge is 0.0248 e. The van der Waals surface area contributed by atoms with E-state index in [0.717, 1.165) is 12.0 Å². The molecular weight excluding hydrogens is 178 g/mol. The van der Waals surface area contributed by atoms with Crippen LogP contribution < -0.4 is 5.32 Å². The second-order valence-electron chi connectivity index (χ2n) is 5.64. The molecule has 1 saturated heterocycles. The molecule has 1 saturated carbocycles. The lowest BCUT2D eigenvalue weighted by Crippen LogP contribution is -2.41. The third-order valence-corrected chi connectivity index (χ3v) is 5.84. The zero-order valence-electron chi connectivity index (χ0n) is 9.18. The minimum atomic E-state index is 0.552. The van der Waals surface area contributed by atoms with Crippen LogP contribution in [0.2, 0.25) is 0 Å². The largest absolute Gasteiger partial charge is 0.312 e. The number of hydrogen-bond acceptors (Lipinski definition) is 2. The van der Waals surface area contributed by atoms with Gasteiger partial charge in [-0.05, 0) is 23.3 Å². The van der Waals surface area contributed by atoms with E-state index in [9.17, 15) is 0 Å². The molecule has 2 rings (SSSR count). The molecule has 0 amide bonds. The summed E-state index contributed by atoms with van der Waals surface area (Å²) in [5, 5.41) is 3.67. The fourth-order valence-corrected chi connectivity index (χ4v) is 3.19. The van der Waals surface area contributed by atoms with Gasteiger partial charge in [0.2, 0.25) is 0 Å². The van der Waals surface area contributed by atoms with Crippen molar-refractivity contribution in [1.82, 2.24) is 5.32 Å². The summed E-state index contributed by atoms with van der Waals surface area (Å²) in [4.78, 5) is 0. The van der Waals surface area contributed by atoms with Gasteiger partial charge in [-0.15, -0.1) is 0 Å². The van der Waals surface area contributed by atoms with Crippen LogP contribution in [0.15, 0.2) is 0 Å². The number of hydrogen-bond donors (Lipinski definition) is 1. The van der Waals surface area contributed by atoms with Crippen molar-refractivity contribution in [3.8, 4) is 0 Å². The van der Waals surface area contributed by atoms with Crippen molar-refractivity contribution in [2.45, 2.75) is 33.7 Å². The molecule has 0 unspecified atom stereocenters. The monoisotopic (exact) mass is 199 g/mol. The summed E-state index contributed by atoms with van der Waals surface area (Å²) in [7, 11) is 0. The van der Waals surface area contributed by atoms with Crippen molar-refractivity contribution in [2.75, 3.05) is 18.1 Å². The summed E-state index contributed by atoms with van der Waals surface area (Å²) in [5.41, 5.74) is 1.10. The maximum absolute atomic E-state index is 3.67. The first-order valence-corrected chi connectivity index (χ1v) is 6.43. The maximum Gasteiger partial charge on any atom is 0.0248 e. The van der Waals surface area contributed by atoms with Crippen molar-refractivity contribution in [3.05, 3.63) is 0 Å². The molecule has 1 N–H and O–H groups in total. The van der Waals surface area contributed by atoms with Crippen LogP contribution in [0.5, 0.6) is 0 Å². The molecule has 1 nitrogen and oxygen atoms in total. The van der Waals surface area contributed by atoms with E-state index in [1.165, 1.54) is 18.1 Å². The van der Waals surface area contributed by atoms with Gasteiger partial charge in [-0.3, -0.25) is 0 Å². The molecule has 1 aliphatic carbocycles. The van der Waals surface area contributed by atoms with Crippen molar-refractivity contribution in [3.63, 3.8) is 0 Å². The highest BCUT2D eigenvalue weighted by atomic mass is 32.2. The van der Waals surface area contributed by atoms with Gasteiger partial charge in [-0.2, -0.15) is 11.8 Å². The van der Waals surface area contributed by atoms with Crippen LogP contribution in [-0.4, -0.2) is 24.1 Å². The van der Waals surface area contributed by atoms with Crippen LogP contribution in [-0.2, 0) is 0 Å². The second-order valence-corrected chi connectivity index (χ2v) is 6.71. The van der Waals surface area contributed by atoms with Crippen LogP contribution in [0.4, 0.5) is 0 Å². The van der Waals surface area contributed by atoms with E-state index in [2.05, 4.69) is 44.8 Å². The van der Waals surface area contributed by atoms with Crippen LogP contribution >= 0.6 is 11.8 Å². The summed E-state index contributed by atoms with van der Waals surface area (Å²) >= 11 is 2.05. The van der Waals surface area contributed by atoms with Gasteiger partial charge in [0.25, 0.3) is 0 Å². The summed E-state index contributed by atoms with van der Waals surface area (Å²) in [6, 6.07) is 0.817. The Morgan fingerprint density at radius 2 is 1.69 bits per heavy atom. The van der Waals surface area contributed by atoms with Gasteiger partial charge in [-0.1, -0.05) is 27.7 Å². The highest BCUT2D eigenvalue weighted by molar-refractivity contribution is 8.00. The summed E-state index contributed by atoms with van der Waals surface area (Å²) < 4.78 is 0. The zero-order valence-corrected chi connectivity index (χ0v) is 10.0. The Bertz CT molecular complexity index is 192. The molecule has 1 heterocycles. The van der Waals surface area contributed by atoms with Crippen LogP contribution in [0, 0.1) is 16.7 Å². The predicted octanol–water partition coefficient (Wildman–Crippen LogP) is 2.37. The molecule has 76 valence electrons. The average molecular weight is 199 g/mol. The molecule has 0 radical (unpaired) electrons.